The van der Waals surface area contributed by atoms with Crippen LogP contribution in [-0.2, 0) is 6.54 Å². The van der Waals surface area contributed by atoms with Crippen LogP contribution in [0.2, 0.25) is 0 Å². The Morgan fingerprint density at radius 3 is 2.92 bits per heavy atom. The van der Waals surface area contributed by atoms with Crippen molar-refractivity contribution in [3.8, 4) is 0 Å². The number of aliphatic hydroxyl groups is 1. The van der Waals surface area contributed by atoms with E-state index in [1.165, 1.54) is 0 Å². The van der Waals surface area contributed by atoms with E-state index in [2.05, 4.69) is 25.2 Å². The van der Waals surface area contributed by atoms with Gasteiger partial charge in [0.2, 0.25) is 0 Å². The lowest BCUT2D eigenvalue weighted by atomic mass is 10.1. The third kappa shape index (κ3) is 2.90. The fourth-order valence-electron chi connectivity index (χ4n) is 3.08. The Labute approximate surface area is 140 Å². The second-order valence-electron chi connectivity index (χ2n) is 6.00. The molecule has 0 bridgehead atoms. The van der Waals surface area contributed by atoms with Crippen LogP contribution in [0.5, 0.6) is 0 Å². The molecule has 4 rings (SSSR count). The van der Waals surface area contributed by atoms with Crippen LogP contribution in [0.15, 0.2) is 43.1 Å². The molecule has 2 N–H and O–H groups in total. The number of imidazole rings is 1. The predicted molar refractivity (Wildman–Crippen MR) is 92.0 cm³/mol. The molecule has 0 spiro atoms. The number of rotatable bonds is 4. The van der Waals surface area contributed by atoms with Crippen LogP contribution >= 0.6 is 0 Å². The van der Waals surface area contributed by atoms with E-state index in [-0.39, 0.29) is 6.10 Å². The molecule has 0 saturated carbocycles. The molecule has 0 aliphatic carbocycles. The highest BCUT2D eigenvalue weighted by Crippen LogP contribution is 2.26. The molecule has 1 fully saturated rings. The molecule has 0 unspecified atom stereocenters. The minimum absolute atomic E-state index is 0.187. The summed E-state index contributed by atoms with van der Waals surface area (Å²) in [5.74, 6) is 0.944. The second-order valence-corrected chi connectivity index (χ2v) is 6.00. The molecule has 0 amide bonds. The molecule has 4 heterocycles. The third-order valence-electron chi connectivity index (χ3n) is 4.40. The molecule has 1 aliphatic heterocycles. The molecule has 7 heteroatoms. The number of nitrogens with zero attached hydrogens (tertiary/aromatic N) is 5. The van der Waals surface area contributed by atoms with Crippen molar-refractivity contribution in [3.05, 3.63) is 48.8 Å². The maximum atomic E-state index is 9.69. The molecule has 0 radical (unpaired) electrons. The monoisotopic (exact) mass is 324 g/mol. The molecule has 1 saturated heterocycles. The summed E-state index contributed by atoms with van der Waals surface area (Å²) in [5, 5.41) is 13.2. The summed E-state index contributed by atoms with van der Waals surface area (Å²) < 4.78 is 2.02. The molecule has 7 nitrogen and oxygen atoms in total. The minimum atomic E-state index is -0.187. The summed E-state index contributed by atoms with van der Waals surface area (Å²) in [6, 6.07) is 3.97. The number of fused-ring (bicyclic) bond motifs is 1. The molecule has 124 valence electrons. The van der Waals surface area contributed by atoms with Crippen molar-refractivity contribution >= 4 is 17.2 Å². The SMILES string of the molecule is OC1CCN(c2ncccc2NCc2cnc3cnccn23)CC1. The first-order valence-corrected chi connectivity index (χ1v) is 8.19. The Morgan fingerprint density at radius 2 is 2.04 bits per heavy atom. The van der Waals surface area contributed by atoms with Gasteiger partial charge in [-0.05, 0) is 25.0 Å². The van der Waals surface area contributed by atoms with Crippen LogP contribution in [0.1, 0.15) is 18.5 Å². The fraction of sp³-hybridized carbons (Fsp3) is 0.353. The van der Waals surface area contributed by atoms with Crippen LogP contribution in [0.4, 0.5) is 11.5 Å². The van der Waals surface area contributed by atoms with E-state index in [9.17, 15) is 5.11 Å². The summed E-state index contributed by atoms with van der Waals surface area (Å²) in [5.41, 5.74) is 2.90. The number of pyridine rings is 1. The summed E-state index contributed by atoms with van der Waals surface area (Å²) in [6.07, 6.45) is 10.5. The normalized spacial score (nSPS) is 15.8. The Morgan fingerprint density at radius 1 is 1.17 bits per heavy atom. The van der Waals surface area contributed by atoms with Gasteiger partial charge < -0.3 is 15.3 Å². The van der Waals surface area contributed by atoms with Crippen LogP contribution in [-0.4, -0.2) is 43.7 Å². The van der Waals surface area contributed by atoms with E-state index in [1.54, 1.807) is 12.4 Å². The maximum absolute atomic E-state index is 9.69. The number of aliphatic hydroxyl groups excluding tert-OH is 1. The summed E-state index contributed by atoms with van der Waals surface area (Å²) in [6.45, 7) is 2.31. The van der Waals surface area contributed by atoms with E-state index < -0.39 is 0 Å². The molecular weight excluding hydrogens is 304 g/mol. The van der Waals surface area contributed by atoms with Crippen LogP contribution < -0.4 is 10.2 Å². The highest BCUT2D eigenvalue weighted by molar-refractivity contribution is 5.65. The zero-order chi connectivity index (χ0) is 16.4. The largest absolute Gasteiger partial charge is 0.393 e. The molecule has 0 atom stereocenters. The van der Waals surface area contributed by atoms with E-state index in [0.29, 0.717) is 6.54 Å². The maximum Gasteiger partial charge on any atom is 0.155 e. The van der Waals surface area contributed by atoms with Gasteiger partial charge in [0.1, 0.15) is 0 Å². The lowest BCUT2D eigenvalue weighted by molar-refractivity contribution is 0.145. The standard InChI is InChI=1S/C17H20N6O/c24-14-3-7-22(8-4-14)17-15(2-1-5-19-17)20-10-13-11-21-16-12-18-6-9-23(13)16/h1-2,5-6,9,11-12,14,20,24H,3-4,7-8,10H2. The number of anilines is 2. The third-order valence-corrected chi connectivity index (χ3v) is 4.40. The molecule has 3 aromatic heterocycles. The van der Waals surface area contributed by atoms with Gasteiger partial charge in [-0.1, -0.05) is 0 Å². The van der Waals surface area contributed by atoms with Gasteiger partial charge in [0.15, 0.2) is 11.5 Å². The first-order valence-electron chi connectivity index (χ1n) is 8.19. The molecule has 3 aromatic rings. The van der Waals surface area contributed by atoms with Crippen LogP contribution in [0, 0.1) is 0 Å². The van der Waals surface area contributed by atoms with Crippen molar-refractivity contribution in [2.45, 2.75) is 25.5 Å². The van der Waals surface area contributed by atoms with Gasteiger partial charge in [-0.15, -0.1) is 0 Å². The number of hydrogen-bond donors (Lipinski definition) is 2. The quantitative estimate of drug-likeness (QED) is 0.760. The van der Waals surface area contributed by atoms with Crippen molar-refractivity contribution < 1.29 is 5.11 Å². The van der Waals surface area contributed by atoms with Gasteiger partial charge in [-0.2, -0.15) is 0 Å². The first kappa shape index (κ1) is 14.9. The van der Waals surface area contributed by atoms with Gasteiger partial charge in [-0.25, -0.2) is 9.97 Å². The predicted octanol–water partition coefficient (Wildman–Crippen LogP) is 1.70. The highest BCUT2D eigenvalue weighted by Gasteiger charge is 2.20. The number of nitrogens with one attached hydrogen (secondary N) is 1. The average Bonchev–Trinajstić information content (AvgIpc) is 3.04. The molecule has 1 aliphatic rings. The van der Waals surface area contributed by atoms with Crippen molar-refractivity contribution in [2.24, 2.45) is 0 Å². The van der Waals surface area contributed by atoms with E-state index in [1.807, 2.05) is 35.1 Å². The highest BCUT2D eigenvalue weighted by atomic mass is 16.3. The zero-order valence-corrected chi connectivity index (χ0v) is 13.3. The Bertz CT molecular complexity index is 825. The Balaban J connectivity index is 1.52. The second kappa shape index (κ2) is 6.45. The molecular formula is C17H20N6O. The van der Waals surface area contributed by atoms with Gasteiger partial charge in [0, 0.05) is 31.7 Å². The number of hydrogen-bond acceptors (Lipinski definition) is 6. The summed E-state index contributed by atoms with van der Waals surface area (Å²) >= 11 is 0. The minimum Gasteiger partial charge on any atom is -0.393 e. The van der Waals surface area contributed by atoms with Gasteiger partial charge in [0.25, 0.3) is 0 Å². The zero-order valence-electron chi connectivity index (χ0n) is 13.3. The lowest BCUT2D eigenvalue weighted by Gasteiger charge is -2.31. The number of piperidine rings is 1. The Hall–Kier alpha value is -2.67. The van der Waals surface area contributed by atoms with Crippen molar-refractivity contribution in [1.82, 2.24) is 19.4 Å². The number of aromatic nitrogens is 4. The van der Waals surface area contributed by atoms with E-state index in [0.717, 1.165) is 48.8 Å². The molecule has 24 heavy (non-hydrogen) atoms. The van der Waals surface area contributed by atoms with Crippen LogP contribution in [0.3, 0.4) is 0 Å². The van der Waals surface area contributed by atoms with Crippen molar-refractivity contribution in [2.75, 3.05) is 23.3 Å². The van der Waals surface area contributed by atoms with Gasteiger partial charge >= 0.3 is 0 Å². The summed E-state index contributed by atoms with van der Waals surface area (Å²) in [4.78, 5) is 15.2. The lowest BCUT2D eigenvalue weighted by Crippen LogP contribution is -2.36. The van der Waals surface area contributed by atoms with Gasteiger partial charge in [-0.3, -0.25) is 9.38 Å². The van der Waals surface area contributed by atoms with Crippen molar-refractivity contribution in [1.29, 1.82) is 0 Å². The van der Waals surface area contributed by atoms with E-state index >= 15 is 0 Å². The van der Waals surface area contributed by atoms with Crippen molar-refractivity contribution in [3.63, 3.8) is 0 Å². The first-order chi connectivity index (χ1) is 11.8. The topological polar surface area (TPSA) is 78.6 Å². The Kier molecular flexibility index (Phi) is 4.00. The van der Waals surface area contributed by atoms with Gasteiger partial charge in [0.05, 0.1) is 36.4 Å². The molecule has 0 aromatic carbocycles. The van der Waals surface area contributed by atoms with E-state index in [4.69, 9.17) is 0 Å². The van der Waals surface area contributed by atoms with Crippen LogP contribution in [0.25, 0.3) is 5.65 Å². The fourth-order valence-corrected chi connectivity index (χ4v) is 3.08. The summed E-state index contributed by atoms with van der Waals surface area (Å²) in [7, 11) is 0. The smallest absolute Gasteiger partial charge is 0.155 e. The average molecular weight is 324 g/mol.